The number of para-hydroxylation sites is 2. The SMILES string of the molecule is O=[N+]([O-])c1ccc(Br)c(-c2ccc(/C=N/N(c3ccccc3)c3ccccc3)o2)c1. The lowest BCUT2D eigenvalue weighted by Gasteiger charge is -2.18. The van der Waals surface area contributed by atoms with Crippen molar-refractivity contribution >= 4 is 39.2 Å². The molecule has 0 bridgehead atoms. The molecule has 0 aliphatic heterocycles. The predicted molar refractivity (Wildman–Crippen MR) is 121 cm³/mol. The Morgan fingerprint density at radius 2 is 1.53 bits per heavy atom. The monoisotopic (exact) mass is 461 g/mol. The van der Waals surface area contributed by atoms with Crippen LogP contribution in [0.2, 0.25) is 0 Å². The lowest BCUT2D eigenvalue weighted by Crippen LogP contribution is -2.08. The first-order valence-electron chi connectivity index (χ1n) is 9.10. The number of rotatable bonds is 6. The number of hydrazone groups is 1. The van der Waals surface area contributed by atoms with Gasteiger partial charge in [-0.05, 0) is 42.5 Å². The van der Waals surface area contributed by atoms with Crippen LogP contribution in [0.1, 0.15) is 5.76 Å². The topological polar surface area (TPSA) is 71.9 Å². The standard InChI is InChI=1S/C23H16BrN3O3/c24-22-13-11-19(27(28)29)15-21(22)23-14-12-20(30-23)16-25-26(17-7-3-1-4-8-17)18-9-5-2-6-10-18/h1-16H/b25-16+. The van der Waals surface area contributed by atoms with E-state index in [4.69, 9.17) is 4.42 Å². The summed E-state index contributed by atoms with van der Waals surface area (Å²) in [5.74, 6) is 1.04. The molecule has 0 aliphatic carbocycles. The van der Waals surface area contributed by atoms with E-state index in [9.17, 15) is 10.1 Å². The number of halogens is 1. The van der Waals surface area contributed by atoms with Gasteiger partial charge in [0.2, 0.25) is 0 Å². The minimum absolute atomic E-state index is 0.000789. The van der Waals surface area contributed by atoms with E-state index < -0.39 is 4.92 Å². The Hall–Kier alpha value is -3.71. The third-order valence-corrected chi connectivity index (χ3v) is 5.05. The summed E-state index contributed by atoms with van der Waals surface area (Å²) in [6.45, 7) is 0. The van der Waals surface area contributed by atoms with Gasteiger partial charge < -0.3 is 4.42 Å². The predicted octanol–water partition coefficient (Wildman–Crippen LogP) is 6.79. The van der Waals surface area contributed by atoms with Crippen LogP contribution >= 0.6 is 15.9 Å². The molecule has 0 atom stereocenters. The fourth-order valence-electron chi connectivity index (χ4n) is 2.92. The summed E-state index contributed by atoms with van der Waals surface area (Å²) in [7, 11) is 0. The number of benzene rings is 3. The molecular weight excluding hydrogens is 446 g/mol. The van der Waals surface area contributed by atoms with Crippen LogP contribution in [0.5, 0.6) is 0 Å². The van der Waals surface area contributed by atoms with Crippen molar-refractivity contribution in [1.29, 1.82) is 0 Å². The van der Waals surface area contributed by atoms with Crippen LogP contribution in [-0.4, -0.2) is 11.1 Å². The Labute approximate surface area is 181 Å². The minimum atomic E-state index is -0.432. The Morgan fingerprint density at radius 3 is 2.13 bits per heavy atom. The fourth-order valence-corrected chi connectivity index (χ4v) is 3.36. The molecule has 0 fully saturated rings. The molecule has 3 aromatic carbocycles. The average molecular weight is 462 g/mol. The van der Waals surface area contributed by atoms with Crippen LogP contribution in [0, 0.1) is 10.1 Å². The van der Waals surface area contributed by atoms with Crippen LogP contribution in [0.15, 0.2) is 105 Å². The molecule has 1 aromatic heterocycles. The minimum Gasteiger partial charge on any atom is -0.455 e. The summed E-state index contributed by atoms with van der Waals surface area (Å²) in [6, 6.07) is 27.7. The molecule has 4 aromatic rings. The molecule has 7 heteroatoms. The molecule has 0 spiro atoms. The first-order valence-corrected chi connectivity index (χ1v) is 9.89. The second-order valence-electron chi connectivity index (χ2n) is 6.35. The van der Waals surface area contributed by atoms with Gasteiger partial charge in [0, 0.05) is 22.2 Å². The summed E-state index contributed by atoms with van der Waals surface area (Å²) in [5, 5.41) is 17.5. The molecule has 0 saturated carbocycles. The first-order chi connectivity index (χ1) is 14.6. The van der Waals surface area contributed by atoms with E-state index in [1.807, 2.05) is 65.7 Å². The molecule has 0 N–H and O–H groups in total. The van der Waals surface area contributed by atoms with Gasteiger partial charge in [0.05, 0.1) is 22.5 Å². The zero-order valence-electron chi connectivity index (χ0n) is 15.7. The quantitative estimate of drug-likeness (QED) is 0.180. The van der Waals surface area contributed by atoms with Crippen molar-refractivity contribution in [3.05, 3.63) is 111 Å². The van der Waals surface area contributed by atoms with Crippen LogP contribution in [-0.2, 0) is 0 Å². The number of nitro groups is 1. The molecule has 30 heavy (non-hydrogen) atoms. The van der Waals surface area contributed by atoms with Crippen molar-refractivity contribution in [1.82, 2.24) is 0 Å². The van der Waals surface area contributed by atoms with E-state index in [1.54, 1.807) is 24.4 Å². The molecule has 0 aliphatic rings. The fraction of sp³-hybridized carbons (Fsp3) is 0. The van der Waals surface area contributed by atoms with Gasteiger partial charge in [-0.25, -0.2) is 5.01 Å². The van der Waals surface area contributed by atoms with Crippen molar-refractivity contribution in [2.45, 2.75) is 0 Å². The summed E-state index contributed by atoms with van der Waals surface area (Å²) < 4.78 is 6.59. The third-order valence-electron chi connectivity index (χ3n) is 4.35. The maximum atomic E-state index is 11.1. The van der Waals surface area contributed by atoms with E-state index >= 15 is 0 Å². The number of anilines is 2. The normalized spacial score (nSPS) is 11.0. The van der Waals surface area contributed by atoms with E-state index in [1.165, 1.54) is 12.1 Å². The molecule has 4 rings (SSSR count). The number of nitrogens with zero attached hydrogens (tertiary/aromatic N) is 3. The highest BCUT2D eigenvalue weighted by Crippen LogP contribution is 2.33. The lowest BCUT2D eigenvalue weighted by atomic mass is 10.1. The average Bonchev–Trinajstić information content (AvgIpc) is 3.24. The second-order valence-corrected chi connectivity index (χ2v) is 7.21. The summed E-state index contributed by atoms with van der Waals surface area (Å²) in [6.07, 6.45) is 1.62. The number of furan rings is 1. The molecule has 0 radical (unpaired) electrons. The van der Waals surface area contributed by atoms with E-state index in [0.29, 0.717) is 21.6 Å². The number of hydrogen-bond acceptors (Lipinski definition) is 5. The van der Waals surface area contributed by atoms with E-state index in [-0.39, 0.29) is 5.69 Å². The smallest absolute Gasteiger partial charge is 0.270 e. The van der Waals surface area contributed by atoms with Crippen molar-refractivity contribution in [2.24, 2.45) is 5.10 Å². The first kappa shape index (κ1) is 19.6. The Morgan fingerprint density at radius 1 is 0.900 bits per heavy atom. The van der Waals surface area contributed by atoms with Gasteiger partial charge in [-0.15, -0.1) is 0 Å². The summed E-state index contributed by atoms with van der Waals surface area (Å²) in [5.41, 5.74) is 2.42. The largest absolute Gasteiger partial charge is 0.455 e. The van der Waals surface area contributed by atoms with Crippen molar-refractivity contribution < 1.29 is 9.34 Å². The summed E-state index contributed by atoms with van der Waals surface area (Å²) in [4.78, 5) is 10.6. The Bertz CT molecular complexity index is 1150. The summed E-state index contributed by atoms with van der Waals surface area (Å²) >= 11 is 3.42. The van der Waals surface area contributed by atoms with Gasteiger partial charge in [0.1, 0.15) is 11.5 Å². The van der Waals surface area contributed by atoms with E-state index in [2.05, 4.69) is 21.0 Å². The molecule has 0 amide bonds. The molecular formula is C23H16BrN3O3. The maximum absolute atomic E-state index is 11.1. The van der Waals surface area contributed by atoms with Gasteiger partial charge in [-0.3, -0.25) is 10.1 Å². The zero-order chi connectivity index (χ0) is 20.9. The van der Waals surface area contributed by atoms with Crippen molar-refractivity contribution in [3.63, 3.8) is 0 Å². The third kappa shape index (κ3) is 4.31. The maximum Gasteiger partial charge on any atom is 0.270 e. The van der Waals surface area contributed by atoms with Gasteiger partial charge in [-0.2, -0.15) is 5.10 Å². The van der Waals surface area contributed by atoms with Gasteiger partial charge >= 0.3 is 0 Å². The molecule has 148 valence electrons. The Kier molecular flexibility index (Phi) is 5.72. The van der Waals surface area contributed by atoms with Crippen molar-refractivity contribution in [3.8, 4) is 11.3 Å². The number of hydrogen-bond donors (Lipinski definition) is 0. The highest BCUT2D eigenvalue weighted by Gasteiger charge is 2.14. The van der Waals surface area contributed by atoms with Gasteiger partial charge in [0.25, 0.3) is 5.69 Å². The van der Waals surface area contributed by atoms with Crippen LogP contribution < -0.4 is 5.01 Å². The van der Waals surface area contributed by atoms with Gasteiger partial charge in [-0.1, -0.05) is 52.3 Å². The van der Waals surface area contributed by atoms with Crippen molar-refractivity contribution in [2.75, 3.05) is 5.01 Å². The molecule has 0 unspecified atom stereocenters. The number of non-ortho nitro benzene ring substituents is 1. The van der Waals surface area contributed by atoms with E-state index in [0.717, 1.165) is 11.4 Å². The molecule has 6 nitrogen and oxygen atoms in total. The van der Waals surface area contributed by atoms with Crippen LogP contribution in [0.25, 0.3) is 11.3 Å². The zero-order valence-corrected chi connectivity index (χ0v) is 17.3. The molecule has 1 heterocycles. The lowest BCUT2D eigenvalue weighted by molar-refractivity contribution is -0.384. The highest BCUT2D eigenvalue weighted by atomic mass is 79.9. The number of nitro benzene ring substituents is 1. The molecule has 0 saturated heterocycles. The van der Waals surface area contributed by atoms with Gasteiger partial charge in [0.15, 0.2) is 0 Å². The second kappa shape index (κ2) is 8.75. The van der Waals surface area contributed by atoms with Crippen LogP contribution in [0.3, 0.4) is 0 Å². The Balaban J connectivity index is 1.65. The highest BCUT2D eigenvalue weighted by molar-refractivity contribution is 9.10. The van der Waals surface area contributed by atoms with Crippen LogP contribution in [0.4, 0.5) is 17.1 Å².